The molecule has 1 atom stereocenters. The molecule has 0 saturated carbocycles. The van der Waals surface area contributed by atoms with Crippen molar-refractivity contribution in [3.63, 3.8) is 0 Å². The van der Waals surface area contributed by atoms with Gasteiger partial charge < -0.3 is 20.4 Å². The Labute approximate surface area is 166 Å². The lowest BCUT2D eigenvalue weighted by Crippen LogP contribution is -2.46. The second-order valence-electron chi connectivity index (χ2n) is 7.19. The maximum atomic E-state index is 14.7. The number of thioether (sulfide) groups is 1. The van der Waals surface area contributed by atoms with Crippen LogP contribution in [-0.2, 0) is 6.54 Å². The minimum atomic E-state index is -0.133. The molecule has 1 unspecified atom stereocenters. The Morgan fingerprint density at radius 2 is 2.11 bits per heavy atom. The molecule has 5 nitrogen and oxygen atoms in total. The van der Waals surface area contributed by atoms with Gasteiger partial charge in [0.05, 0.1) is 5.69 Å². The van der Waals surface area contributed by atoms with Gasteiger partial charge in [-0.1, -0.05) is 13.0 Å². The summed E-state index contributed by atoms with van der Waals surface area (Å²) in [4.78, 5) is 8.86. The first-order chi connectivity index (χ1) is 13.2. The van der Waals surface area contributed by atoms with Crippen LogP contribution in [0.3, 0.4) is 0 Å². The largest absolute Gasteiger partial charge is 0.367 e. The summed E-state index contributed by atoms with van der Waals surface area (Å²) >= 11 is 1.99. The van der Waals surface area contributed by atoms with E-state index in [1.165, 1.54) is 18.6 Å². The fraction of sp³-hybridized carbons (Fsp3) is 0.650. The molecule has 1 aromatic rings. The van der Waals surface area contributed by atoms with Crippen LogP contribution in [0, 0.1) is 5.82 Å². The number of hydrogen-bond acceptors (Lipinski definition) is 4. The van der Waals surface area contributed by atoms with Gasteiger partial charge in [-0.05, 0) is 42.8 Å². The van der Waals surface area contributed by atoms with Gasteiger partial charge >= 0.3 is 0 Å². The summed E-state index contributed by atoms with van der Waals surface area (Å²) in [6.45, 7) is 7.59. The van der Waals surface area contributed by atoms with Gasteiger partial charge in [-0.3, -0.25) is 4.99 Å². The molecule has 2 fully saturated rings. The number of anilines is 1. The van der Waals surface area contributed by atoms with E-state index in [1.54, 1.807) is 13.1 Å². The Hall–Kier alpha value is -1.47. The van der Waals surface area contributed by atoms with Crippen LogP contribution in [0.4, 0.5) is 10.1 Å². The average Bonchev–Trinajstić information content (AvgIpc) is 2.72. The normalized spacial score (nSPS) is 22.0. The second-order valence-corrected chi connectivity index (χ2v) is 8.34. The van der Waals surface area contributed by atoms with Crippen molar-refractivity contribution in [3.8, 4) is 0 Å². The van der Waals surface area contributed by atoms with Gasteiger partial charge in [0.2, 0.25) is 0 Å². The third-order valence-electron chi connectivity index (χ3n) is 5.36. The molecule has 0 amide bonds. The summed E-state index contributed by atoms with van der Waals surface area (Å²) in [7, 11) is 1.78. The lowest BCUT2D eigenvalue weighted by molar-refractivity contribution is 0.270. The molecule has 2 heterocycles. The Morgan fingerprint density at radius 1 is 1.30 bits per heavy atom. The van der Waals surface area contributed by atoms with E-state index < -0.39 is 0 Å². The van der Waals surface area contributed by atoms with Crippen molar-refractivity contribution in [2.24, 2.45) is 4.99 Å². The predicted molar refractivity (Wildman–Crippen MR) is 114 cm³/mol. The van der Waals surface area contributed by atoms with Crippen molar-refractivity contribution in [3.05, 3.63) is 29.6 Å². The molecule has 3 rings (SSSR count). The first-order valence-corrected chi connectivity index (χ1v) is 11.2. The number of rotatable bonds is 5. The van der Waals surface area contributed by atoms with Gasteiger partial charge in [-0.2, -0.15) is 11.8 Å². The molecule has 2 saturated heterocycles. The van der Waals surface area contributed by atoms with Crippen LogP contribution in [0.5, 0.6) is 0 Å². The summed E-state index contributed by atoms with van der Waals surface area (Å²) in [5.41, 5.74) is 1.65. The lowest BCUT2D eigenvalue weighted by atomic mass is 10.1. The van der Waals surface area contributed by atoms with Gasteiger partial charge in [-0.25, -0.2) is 4.39 Å². The maximum Gasteiger partial charge on any atom is 0.191 e. The first kappa shape index (κ1) is 20.3. The van der Waals surface area contributed by atoms with Gasteiger partial charge in [0.1, 0.15) is 5.82 Å². The number of nitrogens with zero attached hydrogens (tertiary/aromatic N) is 3. The minimum Gasteiger partial charge on any atom is -0.367 e. The third-order valence-corrected chi connectivity index (χ3v) is 6.57. The van der Waals surface area contributed by atoms with Crippen molar-refractivity contribution < 1.29 is 4.39 Å². The average molecular weight is 394 g/mol. The van der Waals surface area contributed by atoms with Gasteiger partial charge in [0, 0.05) is 51.6 Å². The van der Waals surface area contributed by atoms with Crippen molar-refractivity contribution in [2.45, 2.75) is 32.4 Å². The Balaban J connectivity index is 1.52. The zero-order chi connectivity index (χ0) is 19.1. The summed E-state index contributed by atoms with van der Waals surface area (Å²) in [6, 6.07) is 6.05. The third kappa shape index (κ3) is 5.75. The monoisotopic (exact) mass is 393 g/mol. The highest BCUT2D eigenvalue weighted by molar-refractivity contribution is 7.99. The number of hydrogen-bond donors (Lipinski definition) is 2. The van der Waals surface area contributed by atoms with E-state index in [4.69, 9.17) is 0 Å². The van der Waals surface area contributed by atoms with Crippen molar-refractivity contribution >= 4 is 23.4 Å². The van der Waals surface area contributed by atoms with Crippen LogP contribution in [0.2, 0.25) is 0 Å². The molecule has 1 aromatic carbocycles. The molecule has 2 N–H and O–H groups in total. The quantitative estimate of drug-likeness (QED) is 0.594. The van der Waals surface area contributed by atoms with E-state index in [1.807, 2.05) is 23.9 Å². The number of likely N-dealkylation sites (N-methyl/N-ethyl adjacent to an activating group) is 1. The number of piperazine rings is 1. The fourth-order valence-corrected chi connectivity index (χ4v) is 4.72. The van der Waals surface area contributed by atoms with Crippen LogP contribution in [0.25, 0.3) is 0 Å². The summed E-state index contributed by atoms with van der Waals surface area (Å²) in [6.07, 6.45) is 2.43. The number of nitrogens with one attached hydrogen (secondary N) is 2. The topological polar surface area (TPSA) is 42.9 Å². The van der Waals surface area contributed by atoms with Gasteiger partial charge in [-0.15, -0.1) is 0 Å². The molecule has 0 radical (unpaired) electrons. The second kappa shape index (κ2) is 10.2. The number of aliphatic imine (C=N–C) groups is 1. The van der Waals surface area contributed by atoms with Gasteiger partial charge in [0.25, 0.3) is 0 Å². The van der Waals surface area contributed by atoms with Crippen molar-refractivity contribution in [2.75, 3.05) is 56.2 Å². The summed E-state index contributed by atoms with van der Waals surface area (Å²) in [5.74, 6) is 3.03. The van der Waals surface area contributed by atoms with Crippen molar-refractivity contribution in [1.29, 1.82) is 0 Å². The van der Waals surface area contributed by atoms with E-state index >= 15 is 0 Å². The zero-order valence-corrected chi connectivity index (χ0v) is 17.3. The standard InChI is InChI=1S/C20H32FN5S/c1-3-25-8-10-26(11-9-25)19-7-6-16(13-18(19)21)14-23-20(22-2)24-17-5-4-12-27-15-17/h6-7,13,17H,3-5,8-12,14-15H2,1-2H3,(H2,22,23,24). The van der Waals surface area contributed by atoms with E-state index in [2.05, 4.69) is 32.3 Å². The number of benzene rings is 1. The molecule has 2 aliphatic rings. The Kier molecular flexibility index (Phi) is 7.64. The molecule has 27 heavy (non-hydrogen) atoms. The predicted octanol–water partition coefficient (Wildman–Crippen LogP) is 2.53. The van der Waals surface area contributed by atoms with Gasteiger partial charge in [0.15, 0.2) is 5.96 Å². The molecule has 0 aliphatic carbocycles. The highest BCUT2D eigenvalue weighted by atomic mass is 32.2. The minimum absolute atomic E-state index is 0.133. The van der Waals surface area contributed by atoms with Crippen LogP contribution in [-0.4, -0.2) is 68.2 Å². The first-order valence-electron chi connectivity index (χ1n) is 10.00. The summed E-state index contributed by atoms with van der Waals surface area (Å²) < 4.78 is 14.7. The molecular formula is C20H32FN5S. The SMILES string of the molecule is CCN1CCN(c2ccc(CNC(=NC)NC3CCCSC3)cc2F)CC1. The van der Waals surface area contributed by atoms with Crippen LogP contribution >= 0.6 is 11.8 Å². The molecule has 0 spiro atoms. The Morgan fingerprint density at radius 3 is 2.74 bits per heavy atom. The maximum absolute atomic E-state index is 14.7. The van der Waals surface area contributed by atoms with Crippen LogP contribution in [0.15, 0.2) is 23.2 Å². The fourth-order valence-electron chi connectivity index (χ4n) is 3.65. The number of halogens is 1. The Bertz CT molecular complexity index is 625. The van der Waals surface area contributed by atoms with E-state index in [0.717, 1.165) is 55.7 Å². The highest BCUT2D eigenvalue weighted by Gasteiger charge is 2.19. The highest BCUT2D eigenvalue weighted by Crippen LogP contribution is 2.22. The summed E-state index contributed by atoms with van der Waals surface area (Å²) in [5, 5.41) is 6.79. The molecule has 2 aliphatic heterocycles. The smallest absolute Gasteiger partial charge is 0.191 e. The van der Waals surface area contributed by atoms with Crippen molar-refractivity contribution in [1.82, 2.24) is 15.5 Å². The van der Waals surface area contributed by atoms with Crippen LogP contribution < -0.4 is 15.5 Å². The zero-order valence-electron chi connectivity index (χ0n) is 16.5. The van der Waals surface area contributed by atoms with E-state index in [0.29, 0.717) is 12.6 Å². The molecular weight excluding hydrogens is 361 g/mol. The number of guanidine groups is 1. The van der Waals surface area contributed by atoms with E-state index in [9.17, 15) is 4.39 Å². The van der Waals surface area contributed by atoms with E-state index in [-0.39, 0.29) is 5.82 Å². The van der Waals surface area contributed by atoms with Crippen LogP contribution in [0.1, 0.15) is 25.3 Å². The lowest BCUT2D eigenvalue weighted by Gasteiger charge is -2.35. The molecule has 0 bridgehead atoms. The molecule has 150 valence electrons. The molecule has 0 aromatic heterocycles. The molecule has 7 heteroatoms.